The number of amides is 1. The van der Waals surface area contributed by atoms with Crippen molar-refractivity contribution in [2.24, 2.45) is 5.10 Å². The molecule has 0 bridgehead atoms. The molecule has 2 N–H and O–H groups in total. The van der Waals surface area contributed by atoms with Gasteiger partial charge < -0.3 is 9.84 Å². The van der Waals surface area contributed by atoms with Crippen molar-refractivity contribution in [2.45, 2.75) is 6.92 Å². The first-order valence-electron chi connectivity index (χ1n) is 6.54. The summed E-state index contributed by atoms with van der Waals surface area (Å²) in [6.45, 7) is 1.83. The summed E-state index contributed by atoms with van der Waals surface area (Å²) in [4.78, 5) is 11.6. The van der Waals surface area contributed by atoms with Crippen LogP contribution in [0.25, 0.3) is 0 Å². The van der Waals surface area contributed by atoms with Crippen LogP contribution in [-0.4, -0.2) is 23.8 Å². The number of aryl methyl sites for hydroxylation is 1. The van der Waals surface area contributed by atoms with Gasteiger partial charge in [-0.1, -0.05) is 15.9 Å². The lowest BCUT2D eigenvalue weighted by molar-refractivity contribution is -0.123. The number of ether oxygens (including phenoxy) is 1. The van der Waals surface area contributed by atoms with Crippen LogP contribution in [0.15, 0.2) is 52.0 Å². The summed E-state index contributed by atoms with van der Waals surface area (Å²) < 4.78 is 6.37. The van der Waals surface area contributed by atoms with E-state index in [0.29, 0.717) is 5.75 Å². The highest BCUT2D eigenvalue weighted by Gasteiger charge is 2.03. The molecular weight excluding hydrogens is 348 g/mol. The minimum Gasteiger partial charge on any atom is -0.508 e. The topological polar surface area (TPSA) is 70.9 Å². The molecule has 0 aliphatic rings. The Morgan fingerprint density at radius 3 is 2.73 bits per heavy atom. The number of carbonyl (C=O) groups excluding carboxylic acids is 1. The molecule has 1 amide bonds. The van der Waals surface area contributed by atoms with Crippen LogP contribution in [-0.2, 0) is 4.79 Å². The van der Waals surface area contributed by atoms with E-state index in [-0.39, 0.29) is 18.3 Å². The highest BCUT2D eigenvalue weighted by Crippen LogP contribution is 2.21. The molecule has 2 rings (SSSR count). The van der Waals surface area contributed by atoms with Crippen LogP contribution in [0.5, 0.6) is 11.5 Å². The average molecular weight is 363 g/mol. The van der Waals surface area contributed by atoms with Gasteiger partial charge in [0.25, 0.3) is 5.91 Å². The summed E-state index contributed by atoms with van der Waals surface area (Å²) in [7, 11) is 0. The van der Waals surface area contributed by atoms with Crippen molar-refractivity contribution in [3.63, 3.8) is 0 Å². The quantitative estimate of drug-likeness (QED) is 0.634. The van der Waals surface area contributed by atoms with Gasteiger partial charge >= 0.3 is 0 Å². The van der Waals surface area contributed by atoms with Crippen LogP contribution in [0.3, 0.4) is 0 Å². The van der Waals surface area contributed by atoms with Crippen LogP contribution in [0.4, 0.5) is 0 Å². The number of nitrogens with one attached hydrogen (secondary N) is 1. The summed E-state index contributed by atoms with van der Waals surface area (Å²) in [6, 6.07) is 12.0. The fourth-order valence-corrected chi connectivity index (χ4v) is 1.87. The molecule has 0 aliphatic carbocycles. The number of benzene rings is 2. The van der Waals surface area contributed by atoms with Crippen molar-refractivity contribution in [2.75, 3.05) is 6.61 Å². The van der Waals surface area contributed by atoms with E-state index in [2.05, 4.69) is 26.5 Å². The maximum Gasteiger partial charge on any atom is 0.277 e. The molecule has 0 aliphatic heterocycles. The van der Waals surface area contributed by atoms with Gasteiger partial charge in [-0.3, -0.25) is 4.79 Å². The van der Waals surface area contributed by atoms with Crippen molar-refractivity contribution < 1.29 is 14.6 Å². The Kier molecular flexibility index (Phi) is 5.55. The molecule has 2 aromatic rings. The standard InChI is InChI=1S/C16H15BrN2O3/c1-11-8-14(6-7-15(11)17)22-10-16(21)19-18-9-12-2-4-13(20)5-3-12/h2-9,20H,10H2,1H3,(H,19,21). The van der Waals surface area contributed by atoms with Crippen LogP contribution in [0, 0.1) is 6.92 Å². The number of halogens is 1. The van der Waals surface area contributed by atoms with Gasteiger partial charge in [-0.25, -0.2) is 5.43 Å². The predicted molar refractivity (Wildman–Crippen MR) is 88.2 cm³/mol. The molecule has 0 heterocycles. The second-order valence-electron chi connectivity index (χ2n) is 4.58. The van der Waals surface area contributed by atoms with Gasteiger partial charge in [0, 0.05) is 4.47 Å². The minimum atomic E-state index is -0.351. The number of rotatable bonds is 5. The molecule has 6 heteroatoms. The zero-order valence-corrected chi connectivity index (χ0v) is 13.5. The highest BCUT2D eigenvalue weighted by atomic mass is 79.9. The van der Waals surface area contributed by atoms with Crippen molar-refractivity contribution in [3.05, 3.63) is 58.1 Å². The Hall–Kier alpha value is -2.34. The van der Waals surface area contributed by atoms with Crippen molar-refractivity contribution >= 4 is 28.1 Å². The monoisotopic (exact) mass is 362 g/mol. The number of hydrogen-bond donors (Lipinski definition) is 2. The lowest BCUT2D eigenvalue weighted by Gasteiger charge is -2.06. The summed E-state index contributed by atoms with van der Waals surface area (Å²) in [5, 5.41) is 13.0. The van der Waals surface area contributed by atoms with E-state index in [0.717, 1.165) is 15.6 Å². The van der Waals surface area contributed by atoms with Gasteiger partial charge in [-0.2, -0.15) is 5.10 Å². The molecule has 0 unspecified atom stereocenters. The van der Waals surface area contributed by atoms with Crippen molar-refractivity contribution in [1.29, 1.82) is 0 Å². The second kappa shape index (κ2) is 7.61. The zero-order chi connectivity index (χ0) is 15.9. The molecule has 5 nitrogen and oxygen atoms in total. The van der Waals surface area contributed by atoms with E-state index >= 15 is 0 Å². The van der Waals surface area contributed by atoms with Crippen LogP contribution >= 0.6 is 15.9 Å². The summed E-state index contributed by atoms with van der Waals surface area (Å²) in [5.74, 6) is 0.452. The van der Waals surface area contributed by atoms with Gasteiger partial charge in [0.1, 0.15) is 11.5 Å². The van der Waals surface area contributed by atoms with Crippen LogP contribution < -0.4 is 10.2 Å². The number of carbonyl (C=O) groups is 1. The number of aromatic hydroxyl groups is 1. The first-order chi connectivity index (χ1) is 10.5. The normalized spacial score (nSPS) is 10.6. The Morgan fingerprint density at radius 2 is 2.05 bits per heavy atom. The maximum absolute atomic E-state index is 11.6. The van der Waals surface area contributed by atoms with E-state index in [9.17, 15) is 4.79 Å². The van der Waals surface area contributed by atoms with E-state index < -0.39 is 0 Å². The summed E-state index contributed by atoms with van der Waals surface area (Å²) in [6.07, 6.45) is 1.49. The van der Waals surface area contributed by atoms with E-state index in [1.807, 2.05) is 19.1 Å². The lowest BCUT2D eigenvalue weighted by atomic mass is 10.2. The van der Waals surface area contributed by atoms with Gasteiger partial charge in [-0.15, -0.1) is 0 Å². The molecule has 0 atom stereocenters. The first-order valence-corrected chi connectivity index (χ1v) is 7.34. The minimum absolute atomic E-state index is 0.117. The first kappa shape index (κ1) is 16.0. The highest BCUT2D eigenvalue weighted by molar-refractivity contribution is 9.10. The number of nitrogens with zero attached hydrogens (tertiary/aromatic N) is 1. The van der Waals surface area contributed by atoms with Crippen LogP contribution in [0.1, 0.15) is 11.1 Å². The number of phenolic OH excluding ortho intramolecular Hbond substituents is 1. The van der Waals surface area contributed by atoms with Crippen LogP contribution in [0.2, 0.25) is 0 Å². The maximum atomic E-state index is 11.6. The molecule has 2 aromatic carbocycles. The zero-order valence-electron chi connectivity index (χ0n) is 11.9. The summed E-state index contributed by atoms with van der Waals surface area (Å²) in [5.41, 5.74) is 4.17. The fourth-order valence-electron chi connectivity index (χ4n) is 1.63. The van der Waals surface area contributed by atoms with Gasteiger partial charge in [-0.05, 0) is 60.5 Å². The fraction of sp³-hybridized carbons (Fsp3) is 0.125. The molecule has 114 valence electrons. The Balaban J connectivity index is 1.80. The summed E-state index contributed by atoms with van der Waals surface area (Å²) >= 11 is 3.40. The van der Waals surface area contributed by atoms with E-state index in [1.165, 1.54) is 6.21 Å². The molecule has 0 saturated heterocycles. The number of phenols is 1. The molecule has 0 radical (unpaired) electrons. The SMILES string of the molecule is Cc1cc(OCC(=O)NN=Cc2ccc(O)cc2)ccc1Br. The van der Waals surface area contributed by atoms with Crippen molar-refractivity contribution in [3.8, 4) is 11.5 Å². The third-order valence-electron chi connectivity index (χ3n) is 2.80. The van der Waals surface area contributed by atoms with Gasteiger partial charge in [0.05, 0.1) is 6.21 Å². The van der Waals surface area contributed by atoms with Crippen molar-refractivity contribution in [1.82, 2.24) is 5.43 Å². The molecule has 0 spiro atoms. The number of hydrazone groups is 1. The predicted octanol–water partition coefficient (Wildman–Crippen LogP) is 2.99. The average Bonchev–Trinajstić information content (AvgIpc) is 2.50. The van der Waals surface area contributed by atoms with Gasteiger partial charge in [0.15, 0.2) is 6.61 Å². The molecule has 0 saturated carbocycles. The molecule has 22 heavy (non-hydrogen) atoms. The third kappa shape index (κ3) is 4.89. The Bertz CT molecular complexity index is 684. The van der Waals surface area contributed by atoms with E-state index in [1.54, 1.807) is 30.3 Å². The molecule has 0 fully saturated rings. The Morgan fingerprint density at radius 1 is 1.32 bits per heavy atom. The van der Waals surface area contributed by atoms with Gasteiger partial charge in [0.2, 0.25) is 0 Å². The second-order valence-corrected chi connectivity index (χ2v) is 5.44. The third-order valence-corrected chi connectivity index (χ3v) is 3.69. The lowest BCUT2D eigenvalue weighted by Crippen LogP contribution is -2.24. The molecule has 0 aromatic heterocycles. The molecular formula is C16H15BrN2O3. The van der Waals surface area contributed by atoms with E-state index in [4.69, 9.17) is 9.84 Å². The Labute approximate surface area is 136 Å². The number of hydrogen-bond acceptors (Lipinski definition) is 4. The largest absolute Gasteiger partial charge is 0.508 e. The smallest absolute Gasteiger partial charge is 0.277 e.